The zero-order valence-corrected chi connectivity index (χ0v) is 15.6. The Hall–Kier alpha value is -1.72. The number of hydrogen-bond donors (Lipinski definition) is 1. The zero-order valence-electron chi connectivity index (χ0n) is 15.6. The summed E-state index contributed by atoms with van der Waals surface area (Å²) in [6.45, 7) is 8.21. The number of Topliss-reactive ketones (excluding diaryl/α,β-unsaturated/α-hetero) is 1. The van der Waals surface area contributed by atoms with E-state index >= 15 is 0 Å². The van der Waals surface area contributed by atoms with Crippen LogP contribution in [-0.4, -0.2) is 36.0 Å². The highest BCUT2D eigenvalue weighted by Gasteiger charge is 2.48. The molecule has 25 heavy (non-hydrogen) atoms. The fraction of sp³-hybridized carbons (Fsp3) is 0.600. The number of rotatable bonds is 8. The minimum atomic E-state index is -0.975. The number of ether oxygens (including phenoxy) is 2. The Balaban J connectivity index is 2.06. The lowest BCUT2D eigenvalue weighted by molar-refractivity contribution is -0.140. The Morgan fingerprint density at radius 2 is 2.04 bits per heavy atom. The molecule has 0 radical (unpaired) electrons. The summed E-state index contributed by atoms with van der Waals surface area (Å²) >= 11 is 0. The van der Waals surface area contributed by atoms with E-state index in [0.717, 1.165) is 5.56 Å². The Bertz CT molecular complexity index is 587. The van der Waals surface area contributed by atoms with Gasteiger partial charge < -0.3 is 14.8 Å². The van der Waals surface area contributed by atoms with Gasteiger partial charge in [0.2, 0.25) is 5.91 Å². The standard InChI is InChI=1S/C20H29NO4/c1-5-18-20(4,17(22)13-25-18)21-19(23)16(11-14(2)3)24-12-15-9-7-6-8-10-15/h6-10,14,16,18H,5,11-13H2,1-4H3,(H,21,23)/t16-,18+,20-/m0/s1. The van der Waals surface area contributed by atoms with Gasteiger partial charge in [-0.1, -0.05) is 51.1 Å². The molecule has 5 nitrogen and oxygen atoms in total. The molecule has 138 valence electrons. The molecule has 0 saturated carbocycles. The Morgan fingerprint density at radius 3 is 2.64 bits per heavy atom. The molecule has 1 aromatic rings. The smallest absolute Gasteiger partial charge is 0.250 e. The highest BCUT2D eigenvalue weighted by molar-refractivity contribution is 5.96. The van der Waals surface area contributed by atoms with Gasteiger partial charge in [-0.2, -0.15) is 0 Å². The number of benzene rings is 1. The molecule has 0 aromatic heterocycles. The molecule has 2 rings (SSSR count). The predicted octanol–water partition coefficient (Wildman–Crippen LogP) is 2.87. The van der Waals surface area contributed by atoms with Crippen LogP contribution in [0.2, 0.25) is 0 Å². The fourth-order valence-corrected chi connectivity index (χ4v) is 3.14. The minimum Gasteiger partial charge on any atom is -0.367 e. The van der Waals surface area contributed by atoms with E-state index in [2.05, 4.69) is 5.32 Å². The van der Waals surface area contributed by atoms with Crippen molar-refractivity contribution in [3.8, 4) is 0 Å². The molecule has 0 unspecified atom stereocenters. The third-order valence-electron chi connectivity index (χ3n) is 4.66. The lowest BCUT2D eigenvalue weighted by Crippen LogP contribution is -2.58. The van der Waals surface area contributed by atoms with Gasteiger partial charge in [-0.05, 0) is 31.2 Å². The number of carbonyl (C=O) groups is 2. The van der Waals surface area contributed by atoms with Crippen molar-refractivity contribution in [2.75, 3.05) is 6.61 Å². The fourth-order valence-electron chi connectivity index (χ4n) is 3.14. The first-order valence-electron chi connectivity index (χ1n) is 8.99. The molecule has 0 aliphatic carbocycles. The van der Waals surface area contributed by atoms with Crippen LogP contribution in [0.3, 0.4) is 0 Å². The molecule has 1 amide bonds. The zero-order chi connectivity index (χ0) is 18.4. The van der Waals surface area contributed by atoms with Crippen LogP contribution in [0.1, 0.15) is 46.1 Å². The molecular weight excluding hydrogens is 318 g/mol. The number of hydrogen-bond acceptors (Lipinski definition) is 4. The van der Waals surface area contributed by atoms with Gasteiger partial charge in [0.05, 0.1) is 12.7 Å². The third-order valence-corrected chi connectivity index (χ3v) is 4.66. The molecule has 1 fully saturated rings. The van der Waals surface area contributed by atoms with Gasteiger partial charge in [0.15, 0.2) is 5.78 Å². The van der Waals surface area contributed by atoms with Gasteiger partial charge in [-0.3, -0.25) is 9.59 Å². The van der Waals surface area contributed by atoms with Gasteiger partial charge >= 0.3 is 0 Å². The molecule has 1 aliphatic rings. The predicted molar refractivity (Wildman–Crippen MR) is 96.1 cm³/mol. The molecule has 1 N–H and O–H groups in total. The highest BCUT2D eigenvalue weighted by atomic mass is 16.5. The molecule has 1 heterocycles. The van der Waals surface area contributed by atoms with Crippen molar-refractivity contribution in [1.82, 2.24) is 5.32 Å². The number of nitrogens with one attached hydrogen (secondary N) is 1. The van der Waals surface area contributed by atoms with E-state index in [0.29, 0.717) is 25.4 Å². The summed E-state index contributed by atoms with van der Waals surface area (Å²) in [5, 5.41) is 2.91. The third kappa shape index (κ3) is 4.89. The second-order valence-electron chi connectivity index (χ2n) is 7.24. The lowest BCUT2D eigenvalue weighted by atomic mass is 9.90. The second-order valence-corrected chi connectivity index (χ2v) is 7.24. The van der Waals surface area contributed by atoms with Gasteiger partial charge in [0, 0.05) is 0 Å². The van der Waals surface area contributed by atoms with Crippen LogP contribution in [0.4, 0.5) is 0 Å². The maximum absolute atomic E-state index is 12.8. The van der Waals surface area contributed by atoms with Gasteiger partial charge in [0.25, 0.3) is 0 Å². The summed E-state index contributed by atoms with van der Waals surface area (Å²) in [6, 6.07) is 9.76. The molecule has 3 atom stereocenters. The Kier molecular flexibility index (Phi) is 6.73. The second kappa shape index (κ2) is 8.59. The van der Waals surface area contributed by atoms with Crippen molar-refractivity contribution in [1.29, 1.82) is 0 Å². The van der Waals surface area contributed by atoms with Gasteiger partial charge in [-0.15, -0.1) is 0 Å². The number of carbonyl (C=O) groups excluding carboxylic acids is 2. The summed E-state index contributed by atoms with van der Waals surface area (Å²) in [6.07, 6.45) is 0.378. The summed E-state index contributed by atoms with van der Waals surface area (Å²) in [4.78, 5) is 25.1. The Morgan fingerprint density at radius 1 is 1.36 bits per heavy atom. The minimum absolute atomic E-state index is 0.0506. The van der Waals surface area contributed by atoms with Gasteiger partial charge in [0.1, 0.15) is 18.2 Å². The molecule has 0 spiro atoms. The highest BCUT2D eigenvalue weighted by Crippen LogP contribution is 2.25. The summed E-state index contributed by atoms with van der Waals surface area (Å²) in [7, 11) is 0. The van der Waals surface area contributed by atoms with Crippen molar-refractivity contribution in [2.24, 2.45) is 5.92 Å². The van der Waals surface area contributed by atoms with Gasteiger partial charge in [-0.25, -0.2) is 0 Å². The van der Waals surface area contributed by atoms with E-state index < -0.39 is 11.6 Å². The lowest BCUT2D eigenvalue weighted by Gasteiger charge is -2.31. The first-order valence-corrected chi connectivity index (χ1v) is 8.99. The van der Waals surface area contributed by atoms with Crippen LogP contribution >= 0.6 is 0 Å². The van der Waals surface area contributed by atoms with Crippen LogP contribution in [0, 0.1) is 5.92 Å². The van der Waals surface area contributed by atoms with Crippen LogP contribution in [0.25, 0.3) is 0 Å². The van der Waals surface area contributed by atoms with Crippen molar-refractivity contribution in [2.45, 2.75) is 64.9 Å². The summed E-state index contributed by atoms with van der Waals surface area (Å²) in [5.74, 6) is -0.0275. The molecule has 1 saturated heterocycles. The quantitative estimate of drug-likeness (QED) is 0.785. The van der Waals surface area contributed by atoms with Crippen LogP contribution in [-0.2, 0) is 25.7 Å². The maximum atomic E-state index is 12.8. The first kappa shape index (κ1) is 19.6. The average Bonchev–Trinajstić information content (AvgIpc) is 2.86. The van der Waals surface area contributed by atoms with E-state index in [1.54, 1.807) is 6.92 Å². The van der Waals surface area contributed by atoms with Crippen LogP contribution < -0.4 is 5.32 Å². The number of ketones is 1. The summed E-state index contributed by atoms with van der Waals surface area (Å²) in [5.41, 5.74) is 0.0407. The first-order chi connectivity index (χ1) is 11.9. The molecule has 1 aromatic carbocycles. The van der Waals surface area contributed by atoms with E-state index in [4.69, 9.17) is 9.47 Å². The molecule has 5 heteroatoms. The SMILES string of the molecule is CC[C@H]1OCC(=O)[C@]1(C)NC(=O)[C@H](CC(C)C)OCc1ccccc1. The largest absolute Gasteiger partial charge is 0.367 e. The molecule has 0 bridgehead atoms. The normalized spacial score (nSPS) is 24.5. The van der Waals surface area contributed by atoms with E-state index in [1.165, 1.54) is 0 Å². The topological polar surface area (TPSA) is 64.6 Å². The Labute approximate surface area is 150 Å². The maximum Gasteiger partial charge on any atom is 0.250 e. The van der Waals surface area contributed by atoms with Crippen LogP contribution in [0.5, 0.6) is 0 Å². The van der Waals surface area contributed by atoms with Crippen molar-refractivity contribution in [3.63, 3.8) is 0 Å². The van der Waals surface area contributed by atoms with E-state index in [1.807, 2.05) is 51.1 Å². The van der Waals surface area contributed by atoms with E-state index in [-0.39, 0.29) is 24.4 Å². The van der Waals surface area contributed by atoms with Crippen molar-refractivity contribution >= 4 is 11.7 Å². The summed E-state index contributed by atoms with van der Waals surface area (Å²) < 4.78 is 11.4. The average molecular weight is 347 g/mol. The monoisotopic (exact) mass is 347 g/mol. The number of amides is 1. The van der Waals surface area contributed by atoms with Crippen molar-refractivity contribution < 1.29 is 19.1 Å². The molecule has 1 aliphatic heterocycles. The van der Waals surface area contributed by atoms with E-state index in [9.17, 15) is 9.59 Å². The van der Waals surface area contributed by atoms with Crippen LogP contribution in [0.15, 0.2) is 30.3 Å². The molecular formula is C20H29NO4. The van der Waals surface area contributed by atoms with Crippen molar-refractivity contribution in [3.05, 3.63) is 35.9 Å².